The number of furan rings is 1. The first-order valence-corrected chi connectivity index (χ1v) is 9.92. The lowest BCUT2D eigenvalue weighted by atomic mass is 9.83. The second-order valence-corrected chi connectivity index (χ2v) is 7.13. The highest BCUT2D eigenvalue weighted by molar-refractivity contribution is 5.70. The van der Waals surface area contributed by atoms with Crippen molar-refractivity contribution >= 4 is 0 Å². The standard InChI is InChI=1S/C24H16F2N4O3/c25-24(26)32-17-10-5-4-9-15(17)19-16(13-27)22(28)33-23-20(19)21(18-11-6-12-31-18)29-30(23)14-7-2-1-3-8-14/h1-12,19,24H,28H2. The maximum absolute atomic E-state index is 13.2. The predicted octanol–water partition coefficient (Wildman–Crippen LogP) is 4.95. The zero-order valence-corrected chi connectivity index (χ0v) is 17.0. The van der Waals surface area contributed by atoms with Gasteiger partial charge in [0.25, 0.3) is 0 Å². The number of alkyl halides is 2. The van der Waals surface area contributed by atoms with Crippen LogP contribution >= 0.6 is 0 Å². The smallest absolute Gasteiger partial charge is 0.387 e. The Labute approximate surface area is 186 Å². The summed E-state index contributed by atoms with van der Waals surface area (Å²) in [4.78, 5) is 0. The van der Waals surface area contributed by atoms with E-state index in [1.54, 1.807) is 30.3 Å². The largest absolute Gasteiger partial charge is 0.463 e. The summed E-state index contributed by atoms with van der Waals surface area (Å²) >= 11 is 0. The van der Waals surface area contributed by atoms with Gasteiger partial charge in [-0.05, 0) is 30.3 Å². The summed E-state index contributed by atoms with van der Waals surface area (Å²) in [6.45, 7) is -3.05. The third-order valence-electron chi connectivity index (χ3n) is 5.25. The number of nitrogens with zero attached hydrogens (tertiary/aromatic N) is 3. The number of ether oxygens (including phenoxy) is 2. The Morgan fingerprint density at radius 3 is 2.52 bits per heavy atom. The number of nitriles is 1. The van der Waals surface area contributed by atoms with Crippen molar-refractivity contribution in [1.82, 2.24) is 9.78 Å². The molecule has 7 nitrogen and oxygen atoms in total. The van der Waals surface area contributed by atoms with Crippen LogP contribution in [0.25, 0.3) is 17.1 Å². The van der Waals surface area contributed by atoms with Crippen LogP contribution in [-0.2, 0) is 0 Å². The molecule has 0 fully saturated rings. The van der Waals surface area contributed by atoms with Crippen molar-refractivity contribution in [3.63, 3.8) is 0 Å². The molecule has 0 amide bonds. The lowest BCUT2D eigenvalue weighted by molar-refractivity contribution is -0.0504. The molecule has 0 bridgehead atoms. The van der Waals surface area contributed by atoms with Gasteiger partial charge in [0.05, 0.1) is 23.4 Å². The summed E-state index contributed by atoms with van der Waals surface area (Å²) < 4.78 is 44.1. The molecule has 2 aromatic carbocycles. The third kappa shape index (κ3) is 3.47. The van der Waals surface area contributed by atoms with Crippen LogP contribution in [0, 0.1) is 11.3 Å². The predicted molar refractivity (Wildman–Crippen MR) is 114 cm³/mol. The van der Waals surface area contributed by atoms with Crippen LogP contribution in [0.2, 0.25) is 0 Å². The van der Waals surface area contributed by atoms with Crippen molar-refractivity contribution in [1.29, 1.82) is 5.26 Å². The molecule has 164 valence electrons. The molecule has 1 aliphatic rings. The van der Waals surface area contributed by atoms with Crippen LogP contribution < -0.4 is 15.2 Å². The fourth-order valence-corrected chi connectivity index (χ4v) is 3.91. The molecule has 0 saturated heterocycles. The molecule has 0 spiro atoms. The van der Waals surface area contributed by atoms with Crippen molar-refractivity contribution in [3.05, 3.63) is 95.6 Å². The average molecular weight is 446 g/mol. The molecule has 33 heavy (non-hydrogen) atoms. The summed E-state index contributed by atoms with van der Waals surface area (Å²) in [5, 5.41) is 14.6. The van der Waals surface area contributed by atoms with Crippen molar-refractivity contribution in [2.75, 3.05) is 0 Å². The molecule has 1 aliphatic heterocycles. The van der Waals surface area contributed by atoms with E-state index in [1.165, 1.54) is 17.0 Å². The molecule has 3 heterocycles. The van der Waals surface area contributed by atoms with Gasteiger partial charge in [-0.25, -0.2) is 0 Å². The van der Waals surface area contributed by atoms with Crippen molar-refractivity contribution in [3.8, 4) is 34.8 Å². The number of allylic oxidation sites excluding steroid dienone is 1. The van der Waals surface area contributed by atoms with E-state index in [1.807, 2.05) is 30.3 Å². The minimum absolute atomic E-state index is 0.0493. The molecule has 2 N–H and O–H groups in total. The molecule has 2 aromatic heterocycles. The van der Waals surface area contributed by atoms with Gasteiger partial charge in [-0.15, -0.1) is 0 Å². The van der Waals surface area contributed by atoms with E-state index < -0.39 is 12.5 Å². The molecule has 1 unspecified atom stereocenters. The third-order valence-corrected chi connectivity index (χ3v) is 5.25. The SMILES string of the molecule is N#CC1=C(N)Oc2c(c(-c3ccco3)nn2-c2ccccc2)C1c1ccccc1OC(F)F. The van der Waals surface area contributed by atoms with Gasteiger partial charge in [-0.2, -0.15) is 23.8 Å². The highest BCUT2D eigenvalue weighted by Crippen LogP contribution is 2.49. The molecular formula is C24H16F2N4O3. The Morgan fingerprint density at radius 1 is 1.06 bits per heavy atom. The molecule has 5 rings (SSSR count). The number of rotatable bonds is 5. The van der Waals surface area contributed by atoms with Gasteiger partial charge in [-0.3, -0.25) is 0 Å². The van der Waals surface area contributed by atoms with E-state index in [9.17, 15) is 14.0 Å². The molecule has 0 saturated carbocycles. The highest BCUT2D eigenvalue weighted by Gasteiger charge is 2.39. The van der Waals surface area contributed by atoms with Gasteiger partial charge in [0.15, 0.2) is 5.76 Å². The molecule has 0 radical (unpaired) electrons. The lowest BCUT2D eigenvalue weighted by Gasteiger charge is -2.26. The molecule has 0 aliphatic carbocycles. The number of para-hydroxylation sites is 2. The monoisotopic (exact) mass is 446 g/mol. The minimum Gasteiger partial charge on any atom is -0.463 e. The molecular weight excluding hydrogens is 430 g/mol. The number of benzene rings is 2. The van der Waals surface area contributed by atoms with E-state index >= 15 is 0 Å². The number of nitrogens with two attached hydrogens (primary N) is 1. The number of hydrogen-bond acceptors (Lipinski definition) is 6. The van der Waals surface area contributed by atoms with Crippen LogP contribution in [0.3, 0.4) is 0 Å². The maximum Gasteiger partial charge on any atom is 0.387 e. The topological polar surface area (TPSA) is 99.2 Å². The van der Waals surface area contributed by atoms with Gasteiger partial charge in [0, 0.05) is 5.56 Å². The fraction of sp³-hybridized carbons (Fsp3) is 0.0833. The van der Waals surface area contributed by atoms with Crippen LogP contribution in [0.4, 0.5) is 8.78 Å². The number of hydrogen-bond donors (Lipinski definition) is 1. The summed E-state index contributed by atoms with van der Waals surface area (Å²) in [6.07, 6.45) is 1.49. The summed E-state index contributed by atoms with van der Waals surface area (Å²) in [5.41, 5.74) is 8.02. The highest BCUT2D eigenvalue weighted by atomic mass is 19.3. The van der Waals surface area contributed by atoms with Crippen LogP contribution in [0.1, 0.15) is 17.0 Å². The summed E-state index contributed by atoms with van der Waals surface area (Å²) in [7, 11) is 0. The van der Waals surface area contributed by atoms with Crippen molar-refractivity contribution in [2.45, 2.75) is 12.5 Å². The van der Waals surface area contributed by atoms with Crippen LogP contribution in [-0.4, -0.2) is 16.4 Å². The molecule has 9 heteroatoms. The Bertz CT molecular complexity index is 1370. The van der Waals surface area contributed by atoms with Crippen LogP contribution in [0.15, 0.2) is 88.9 Å². The van der Waals surface area contributed by atoms with E-state index in [2.05, 4.69) is 6.07 Å². The fourth-order valence-electron chi connectivity index (χ4n) is 3.91. The van der Waals surface area contributed by atoms with Crippen LogP contribution in [0.5, 0.6) is 11.6 Å². The Hall–Kier alpha value is -4.58. The Morgan fingerprint density at radius 2 is 1.82 bits per heavy atom. The summed E-state index contributed by atoms with van der Waals surface area (Å²) in [6, 6.07) is 20.9. The number of aromatic nitrogens is 2. The summed E-state index contributed by atoms with van der Waals surface area (Å²) in [5.74, 6) is -0.444. The minimum atomic E-state index is -3.05. The second-order valence-electron chi connectivity index (χ2n) is 7.13. The Kier molecular flexibility index (Phi) is 5.03. The van der Waals surface area contributed by atoms with Gasteiger partial charge in [-0.1, -0.05) is 36.4 Å². The van der Waals surface area contributed by atoms with E-state index in [-0.39, 0.29) is 23.1 Å². The second kappa shape index (κ2) is 8.16. The lowest BCUT2D eigenvalue weighted by Crippen LogP contribution is -2.22. The van der Waals surface area contributed by atoms with Crippen molar-refractivity contribution in [2.24, 2.45) is 5.73 Å². The number of halogens is 2. The van der Waals surface area contributed by atoms with Gasteiger partial charge in [0.1, 0.15) is 23.1 Å². The van der Waals surface area contributed by atoms with E-state index in [4.69, 9.17) is 24.7 Å². The van der Waals surface area contributed by atoms with Crippen molar-refractivity contribution < 1.29 is 22.7 Å². The zero-order valence-electron chi connectivity index (χ0n) is 17.0. The quantitative estimate of drug-likeness (QED) is 0.466. The first kappa shape index (κ1) is 20.3. The average Bonchev–Trinajstić information content (AvgIpc) is 3.47. The Balaban J connectivity index is 1.82. The first-order valence-electron chi connectivity index (χ1n) is 9.92. The number of fused-ring (bicyclic) bond motifs is 1. The maximum atomic E-state index is 13.2. The van der Waals surface area contributed by atoms with E-state index in [0.717, 1.165) is 0 Å². The molecule has 4 aromatic rings. The first-order chi connectivity index (χ1) is 16.1. The van der Waals surface area contributed by atoms with Gasteiger partial charge >= 0.3 is 6.61 Å². The van der Waals surface area contributed by atoms with Gasteiger partial charge in [0.2, 0.25) is 11.8 Å². The normalized spacial score (nSPS) is 15.2. The van der Waals surface area contributed by atoms with E-state index in [0.29, 0.717) is 28.3 Å². The van der Waals surface area contributed by atoms with Gasteiger partial charge < -0.3 is 19.6 Å². The molecule has 1 atom stereocenters. The zero-order chi connectivity index (χ0) is 22.9.